The summed E-state index contributed by atoms with van der Waals surface area (Å²) in [6, 6.07) is 10.1. The largest absolute Gasteiger partial charge is 0.493 e. The summed E-state index contributed by atoms with van der Waals surface area (Å²) in [7, 11) is 3.29. The van der Waals surface area contributed by atoms with E-state index in [1.807, 2.05) is 39.0 Å². The number of methoxy groups -OCH3 is 2. The van der Waals surface area contributed by atoms with Crippen LogP contribution >= 0.6 is 0 Å². The highest BCUT2D eigenvalue weighted by Crippen LogP contribution is 2.42. The predicted molar refractivity (Wildman–Crippen MR) is 129 cm³/mol. The van der Waals surface area contributed by atoms with Crippen molar-refractivity contribution in [2.75, 3.05) is 20.0 Å². The zero-order valence-corrected chi connectivity index (χ0v) is 19.7. The molecule has 1 aromatic heterocycles. The van der Waals surface area contributed by atoms with Gasteiger partial charge in [-0.15, -0.1) is 0 Å². The van der Waals surface area contributed by atoms with Crippen molar-refractivity contribution in [2.45, 2.75) is 47.0 Å². The molecule has 1 heterocycles. The minimum Gasteiger partial charge on any atom is -0.493 e. The topological polar surface area (TPSA) is 70.5 Å². The summed E-state index contributed by atoms with van der Waals surface area (Å²) in [5, 5.41) is 4.05. The lowest BCUT2D eigenvalue weighted by Crippen LogP contribution is -1.99. The Morgan fingerprint density at radius 1 is 1.06 bits per heavy atom. The van der Waals surface area contributed by atoms with Gasteiger partial charge in [-0.3, -0.25) is 0 Å². The van der Waals surface area contributed by atoms with E-state index in [1.165, 1.54) is 0 Å². The normalized spacial score (nSPS) is 10.8. The van der Waals surface area contributed by atoms with Crippen molar-refractivity contribution in [3.8, 4) is 33.9 Å². The number of allylic oxidation sites excluding steroid dienone is 2. The van der Waals surface area contributed by atoms with Crippen molar-refractivity contribution in [1.29, 1.82) is 0 Å². The molecule has 0 aliphatic heterocycles. The van der Waals surface area contributed by atoms with E-state index in [2.05, 4.69) is 43.3 Å². The van der Waals surface area contributed by atoms with Gasteiger partial charge in [0, 0.05) is 22.4 Å². The van der Waals surface area contributed by atoms with E-state index in [0.717, 1.165) is 45.7 Å². The van der Waals surface area contributed by atoms with Gasteiger partial charge >= 0.3 is 0 Å². The maximum atomic E-state index is 6.28. The fourth-order valence-corrected chi connectivity index (χ4v) is 3.40. The monoisotopic (exact) mass is 422 g/mol. The Labute approximate surface area is 185 Å². The van der Waals surface area contributed by atoms with E-state index >= 15 is 0 Å². The highest BCUT2D eigenvalue weighted by Gasteiger charge is 2.20. The number of nitrogens with zero attached hydrogens (tertiary/aromatic N) is 1. The molecular formula is C26H34N2O3. The first-order chi connectivity index (χ1) is 15.0. The molecule has 0 bridgehead atoms. The number of ether oxygens (including phenoxy) is 2. The molecule has 0 aliphatic carbocycles. The molecule has 2 N–H and O–H groups in total. The third-order valence-corrected chi connectivity index (χ3v) is 4.99. The van der Waals surface area contributed by atoms with Crippen LogP contribution in [0.5, 0.6) is 11.5 Å². The van der Waals surface area contributed by atoms with Crippen LogP contribution in [0.4, 0.5) is 5.69 Å². The van der Waals surface area contributed by atoms with Gasteiger partial charge in [0.25, 0.3) is 0 Å². The van der Waals surface area contributed by atoms with E-state index in [4.69, 9.17) is 19.7 Å². The fraction of sp³-hybridized carbons (Fsp3) is 0.346. The summed E-state index contributed by atoms with van der Waals surface area (Å²) in [5.74, 6) is 2.34. The van der Waals surface area contributed by atoms with Gasteiger partial charge in [0.2, 0.25) is 0 Å². The molecule has 0 radical (unpaired) electrons. The van der Waals surface area contributed by atoms with Gasteiger partial charge in [-0.25, -0.2) is 0 Å². The van der Waals surface area contributed by atoms with Crippen LogP contribution in [0, 0.1) is 0 Å². The van der Waals surface area contributed by atoms with Crippen molar-refractivity contribution >= 4 is 5.69 Å². The second-order valence-corrected chi connectivity index (χ2v) is 7.21. The molecule has 3 aromatic rings. The summed E-state index contributed by atoms with van der Waals surface area (Å²) in [6.07, 6.45) is 6.65. The van der Waals surface area contributed by atoms with Gasteiger partial charge in [0.1, 0.15) is 0 Å². The Morgan fingerprint density at radius 2 is 1.81 bits per heavy atom. The van der Waals surface area contributed by atoms with Crippen molar-refractivity contribution in [3.63, 3.8) is 0 Å². The molecule has 0 fully saturated rings. The van der Waals surface area contributed by atoms with Gasteiger partial charge in [-0.2, -0.15) is 0 Å². The van der Waals surface area contributed by atoms with Crippen molar-refractivity contribution in [1.82, 2.24) is 5.16 Å². The van der Waals surface area contributed by atoms with Crippen LogP contribution < -0.4 is 15.2 Å². The SMILES string of the molecule is C/C=C\Cc1ccc(-c2cnoc2-c2cc(OC)c(OC)c(C(C)C)c2)cc1N.CC. The molecule has 0 atom stereocenters. The number of anilines is 1. The van der Waals surface area contributed by atoms with Crippen molar-refractivity contribution in [2.24, 2.45) is 0 Å². The third-order valence-electron chi connectivity index (χ3n) is 4.99. The fourth-order valence-electron chi connectivity index (χ4n) is 3.40. The molecule has 0 saturated carbocycles. The Bertz CT molecular complexity index is 1020. The Balaban J connectivity index is 0.00000166. The minimum absolute atomic E-state index is 0.256. The van der Waals surface area contributed by atoms with Crippen LogP contribution in [-0.2, 0) is 6.42 Å². The highest BCUT2D eigenvalue weighted by molar-refractivity contribution is 5.82. The van der Waals surface area contributed by atoms with E-state index in [0.29, 0.717) is 11.5 Å². The first-order valence-corrected chi connectivity index (χ1v) is 10.7. The predicted octanol–water partition coefficient (Wildman–Crippen LogP) is 6.88. The quantitative estimate of drug-likeness (QED) is 0.332. The molecule has 0 aliphatic rings. The first kappa shape index (κ1) is 24.1. The van der Waals surface area contributed by atoms with E-state index in [1.54, 1.807) is 20.4 Å². The standard InChI is InChI=1S/C24H28N2O3.C2H6/c1-6-7-8-16-9-10-17(12-21(16)25)20-14-26-29-23(20)18-11-19(15(2)3)24(28-5)22(13-18)27-4;1-2/h6-7,9-15H,8,25H2,1-5H3;1-2H3/b7-6-;. The summed E-state index contributed by atoms with van der Waals surface area (Å²) in [6.45, 7) is 10.2. The second-order valence-electron chi connectivity index (χ2n) is 7.21. The Kier molecular flexibility index (Phi) is 8.74. The third kappa shape index (κ3) is 5.29. The lowest BCUT2D eigenvalue weighted by molar-refractivity contribution is 0.350. The van der Waals surface area contributed by atoms with Gasteiger partial charge in [-0.05, 0) is 48.6 Å². The Hall–Kier alpha value is -3.21. The molecule has 3 rings (SSSR count). The molecule has 5 nitrogen and oxygen atoms in total. The number of hydrogen-bond donors (Lipinski definition) is 1. The van der Waals surface area contributed by atoms with Gasteiger partial charge < -0.3 is 19.7 Å². The zero-order chi connectivity index (χ0) is 23.0. The molecule has 31 heavy (non-hydrogen) atoms. The smallest absolute Gasteiger partial charge is 0.174 e. The van der Waals surface area contributed by atoms with Crippen LogP contribution in [-0.4, -0.2) is 19.4 Å². The number of rotatable bonds is 7. The lowest BCUT2D eigenvalue weighted by atomic mass is 9.95. The average molecular weight is 423 g/mol. The highest BCUT2D eigenvalue weighted by atomic mass is 16.5. The maximum absolute atomic E-state index is 6.28. The molecule has 5 heteroatoms. The minimum atomic E-state index is 0.256. The summed E-state index contributed by atoms with van der Waals surface area (Å²) < 4.78 is 16.8. The average Bonchev–Trinajstić information content (AvgIpc) is 3.28. The van der Waals surface area contributed by atoms with Crippen LogP contribution in [0.15, 0.2) is 53.2 Å². The molecule has 166 valence electrons. The van der Waals surface area contributed by atoms with Crippen LogP contribution in [0.3, 0.4) is 0 Å². The van der Waals surface area contributed by atoms with Gasteiger partial charge in [0.15, 0.2) is 17.3 Å². The lowest BCUT2D eigenvalue weighted by Gasteiger charge is -2.17. The number of benzene rings is 2. The second kappa shape index (κ2) is 11.3. The summed E-state index contributed by atoms with van der Waals surface area (Å²) in [5.41, 5.74) is 11.9. The Morgan fingerprint density at radius 3 is 2.39 bits per heavy atom. The van der Waals surface area contributed by atoms with Crippen LogP contribution in [0.2, 0.25) is 0 Å². The van der Waals surface area contributed by atoms with E-state index in [9.17, 15) is 0 Å². The number of nitrogen functional groups attached to an aromatic ring is 1. The molecule has 0 saturated heterocycles. The van der Waals surface area contributed by atoms with Crippen molar-refractivity contribution in [3.05, 3.63) is 59.8 Å². The molecule has 0 unspecified atom stereocenters. The van der Waals surface area contributed by atoms with Crippen molar-refractivity contribution < 1.29 is 14.0 Å². The number of nitrogens with two attached hydrogens (primary N) is 1. The zero-order valence-electron chi connectivity index (χ0n) is 19.7. The summed E-state index contributed by atoms with van der Waals surface area (Å²) in [4.78, 5) is 0. The molecule has 2 aromatic carbocycles. The number of aromatic nitrogens is 1. The molecule has 0 amide bonds. The first-order valence-electron chi connectivity index (χ1n) is 10.7. The summed E-state index contributed by atoms with van der Waals surface area (Å²) >= 11 is 0. The van der Waals surface area contributed by atoms with Crippen LogP contribution in [0.1, 0.15) is 51.7 Å². The van der Waals surface area contributed by atoms with E-state index < -0.39 is 0 Å². The number of hydrogen-bond acceptors (Lipinski definition) is 5. The molecular weight excluding hydrogens is 388 g/mol. The maximum Gasteiger partial charge on any atom is 0.174 e. The van der Waals surface area contributed by atoms with Gasteiger partial charge in [0.05, 0.1) is 20.4 Å². The van der Waals surface area contributed by atoms with E-state index in [-0.39, 0.29) is 5.92 Å². The van der Waals surface area contributed by atoms with Gasteiger partial charge in [-0.1, -0.05) is 57.1 Å². The molecule has 0 spiro atoms. The van der Waals surface area contributed by atoms with Crippen LogP contribution in [0.25, 0.3) is 22.5 Å².